The van der Waals surface area contributed by atoms with Crippen LogP contribution in [0.25, 0.3) is 0 Å². The standard InChI is InChI=1S/C27H31N5O/c1-18-5-4-6-22(15-18)24-13-14-29-27(3,31-24)32-25-16-23(12-7-19(25)2)30-26(33)21-10-8-20(17-28)9-11-21/h4,6-16,18,31-32H,5,17,28H2,1-3H3,(H,30,33). The normalized spacial score (nSPS) is 21.6. The number of carbonyl (C=O) groups excluding carboxylic acids is 1. The summed E-state index contributed by atoms with van der Waals surface area (Å²) >= 11 is 0. The molecule has 2 aliphatic rings. The predicted octanol–water partition coefficient (Wildman–Crippen LogP) is 4.87. The van der Waals surface area contributed by atoms with E-state index in [9.17, 15) is 4.79 Å². The average molecular weight is 442 g/mol. The number of nitrogens with zero attached hydrogens (tertiary/aromatic N) is 1. The first-order chi connectivity index (χ1) is 15.8. The molecule has 2 unspecified atom stereocenters. The van der Waals surface area contributed by atoms with Crippen LogP contribution in [-0.4, -0.2) is 17.9 Å². The Balaban J connectivity index is 1.48. The van der Waals surface area contributed by atoms with E-state index in [1.165, 1.54) is 5.57 Å². The van der Waals surface area contributed by atoms with Crippen molar-refractivity contribution in [1.29, 1.82) is 0 Å². The van der Waals surface area contributed by atoms with E-state index in [1.807, 2.05) is 56.5 Å². The van der Waals surface area contributed by atoms with E-state index in [0.29, 0.717) is 23.7 Å². The predicted molar refractivity (Wildman–Crippen MR) is 136 cm³/mol. The molecule has 0 radical (unpaired) electrons. The lowest BCUT2D eigenvalue weighted by Crippen LogP contribution is -2.49. The summed E-state index contributed by atoms with van der Waals surface area (Å²) in [6, 6.07) is 13.1. The van der Waals surface area contributed by atoms with Gasteiger partial charge in [-0.05, 0) is 73.2 Å². The Morgan fingerprint density at radius 2 is 2.03 bits per heavy atom. The van der Waals surface area contributed by atoms with Crippen LogP contribution in [-0.2, 0) is 6.54 Å². The number of benzene rings is 2. The summed E-state index contributed by atoms with van der Waals surface area (Å²) in [5.74, 6) is -0.367. The molecule has 1 aliphatic carbocycles. The summed E-state index contributed by atoms with van der Waals surface area (Å²) in [6.07, 6.45) is 11.5. The van der Waals surface area contributed by atoms with Crippen LogP contribution in [0.4, 0.5) is 11.4 Å². The molecule has 1 aliphatic heterocycles. The van der Waals surface area contributed by atoms with Gasteiger partial charge in [-0.2, -0.15) is 0 Å². The second-order valence-electron chi connectivity index (χ2n) is 8.80. The van der Waals surface area contributed by atoms with Gasteiger partial charge in [0.15, 0.2) is 0 Å². The first kappa shape index (κ1) is 22.6. The minimum absolute atomic E-state index is 0.163. The number of hydrogen-bond donors (Lipinski definition) is 4. The fraction of sp³-hybridized carbons (Fsp3) is 0.259. The topological polar surface area (TPSA) is 91.5 Å². The highest BCUT2D eigenvalue weighted by Gasteiger charge is 2.27. The third-order valence-electron chi connectivity index (χ3n) is 5.86. The van der Waals surface area contributed by atoms with Gasteiger partial charge in [0.1, 0.15) is 0 Å². The quantitative estimate of drug-likeness (QED) is 0.515. The first-order valence-corrected chi connectivity index (χ1v) is 11.3. The molecule has 0 spiro atoms. The summed E-state index contributed by atoms with van der Waals surface area (Å²) in [4.78, 5) is 17.3. The molecule has 33 heavy (non-hydrogen) atoms. The molecule has 6 nitrogen and oxygen atoms in total. The molecule has 0 saturated carbocycles. The molecule has 0 aromatic heterocycles. The molecular formula is C27H31N5O. The zero-order chi connectivity index (χ0) is 23.4. The fourth-order valence-electron chi connectivity index (χ4n) is 3.94. The van der Waals surface area contributed by atoms with E-state index in [-0.39, 0.29) is 5.91 Å². The van der Waals surface area contributed by atoms with Crippen molar-refractivity contribution < 1.29 is 4.79 Å². The second-order valence-corrected chi connectivity index (χ2v) is 8.80. The molecule has 0 bridgehead atoms. The molecule has 6 heteroatoms. The lowest BCUT2D eigenvalue weighted by molar-refractivity contribution is 0.102. The monoisotopic (exact) mass is 441 g/mol. The number of amides is 1. The molecule has 170 valence electrons. The van der Waals surface area contributed by atoms with Gasteiger partial charge < -0.3 is 21.7 Å². The number of anilines is 2. The van der Waals surface area contributed by atoms with Crippen LogP contribution in [0.5, 0.6) is 0 Å². The number of nitrogens with one attached hydrogen (secondary N) is 3. The van der Waals surface area contributed by atoms with E-state index < -0.39 is 5.79 Å². The van der Waals surface area contributed by atoms with Gasteiger partial charge in [-0.3, -0.25) is 4.79 Å². The Morgan fingerprint density at radius 1 is 1.24 bits per heavy atom. The zero-order valence-electron chi connectivity index (χ0n) is 19.4. The minimum Gasteiger partial charge on any atom is -0.344 e. The van der Waals surface area contributed by atoms with Gasteiger partial charge in [-0.25, -0.2) is 4.99 Å². The van der Waals surface area contributed by atoms with Crippen molar-refractivity contribution in [2.75, 3.05) is 10.6 Å². The third kappa shape index (κ3) is 5.41. The van der Waals surface area contributed by atoms with E-state index in [1.54, 1.807) is 12.1 Å². The second kappa shape index (κ2) is 9.46. The molecule has 2 atom stereocenters. The molecule has 2 aromatic rings. The van der Waals surface area contributed by atoms with Crippen molar-refractivity contribution in [3.05, 3.63) is 94.7 Å². The van der Waals surface area contributed by atoms with Crippen molar-refractivity contribution in [3.8, 4) is 0 Å². The Bertz CT molecular complexity index is 1160. The maximum Gasteiger partial charge on any atom is 0.255 e. The largest absolute Gasteiger partial charge is 0.344 e. The van der Waals surface area contributed by atoms with Crippen LogP contribution >= 0.6 is 0 Å². The Morgan fingerprint density at radius 3 is 2.76 bits per heavy atom. The molecule has 1 heterocycles. The SMILES string of the molecule is Cc1ccc(NC(=O)c2ccc(CN)cc2)cc1NC1(C)N=CC=C(C2=CC(C)CC=C2)N1. The Hall–Kier alpha value is -3.64. The van der Waals surface area contributed by atoms with Crippen LogP contribution in [0.3, 0.4) is 0 Å². The average Bonchev–Trinajstić information content (AvgIpc) is 2.81. The Labute approximate surface area is 195 Å². The fourth-order valence-corrected chi connectivity index (χ4v) is 3.94. The van der Waals surface area contributed by atoms with Crippen LogP contribution in [0, 0.1) is 12.8 Å². The number of carbonyl (C=O) groups is 1. The van der Waals surface area contributed by atoms with Gasteiger partial charge in [0, 0.05) is 35.4 Å². The summed E-state index contributed by atoms with van der Waals surface area (Å²) in [6.45, 7) is 6.69. The van der Waals surface area contributed by atoms with Crippen LogP contribution in [0.1, 0.15) is 41.8 Å². The summed E-state index contributed by atoms with van der Waals surface area (Å²) < 4.78 is 0. The number of rotatable bonds is 6. The molecule has 5 N–H and O–H groups in total. The molecule has 0 fully saturated rings. The van der Waals surface area contributed by atoms with Gasteiger partial charge in [0.2, 0.25) is 5.79 Å². The van der Waals surface area contributed by atoms with E-state index in [2.05, 4.69) is 46.1 Å². The number of hydrogen-bond acceptors (Lipinski definition) is 5. The van der Waals surface area contributed by atoms with Crippen molar-refractivity contribution in [2.24, 2.45) is 16.6 Å². The molecule has 4 rings (SSSR count). The maximum atomic E-state index is 12.7. The first-order valence-electron chi connectivity index (χ1n) is 11.3. The maximum absolute atomic E-state index is 12.7. The van der Waals surface area contributed by atoms with Gasteiger partial charge in [0.05, 0.1) is 0 Å². The van der Waals surface area contributed by atoms with Crippen molar-refractivity contribution in [1.82, 2.24) is 5.32 Å². The number of aryl methyl sites for hydroxylation is 1. The lowest BCUT2D eigenvalue weighted by atomic mass is 9.95. The van der Waals surface area contributed by atoms with Crippen molar-refractivity contribution >= 4 is 23.5 Å². The molecule has 1 amide bonds. The van der Waals surface area contributed by atoms with Gasteiger partial charge in [-0.15, -0.1) is 0 Å². The lowest BCUT2D eigenvalue weighted by Gasteiger charge is -2.34. The van der Waals surface area contributed by atoms with Gasteiger partial charge >= 0.3 is 0 Å². The zero-order valence-corrected chi connectivity index (χ0v) is 19.4. The minimum atomic E-state index is -0.717. The molecular weight excluding hydrogens is 410 g/mol. The Kier molecular flexibility index (Phi) is 6.47. The highest BCUT2D eigenvalue weighted by Crippen LogP contribution is 2.28. The van der Waals surface area contributed by atoms with E-state index in [4.69, 9.17) is 5.73 Å². The summed E-state index contributed by atoms with van der Waals surface area (Å²) in [7, 11) is 0. The highest BCUT2D eigenvalue weighted by molar-refractivity contribution is 6.04. The summed E-state index contributed by atoms with van der Waals surface area (Å²) in [5, 5.41) is 10.0. The van der Waals surface area contributed by atoms with Gasteiger partial charge in [-0.1, -0.05) is 43.4 Å². The molecule has 0 saturated heterocycles. The van der Waals surface area contributed by atoms with Gasteiger partial charge in [0.25, 0.3) is 5.91 Å². The van der Waals surface area contributed by atoms with Crippen LogP contribution in [0.2, 0.25) is 0 Å². The van der Waals surface area contributed by atoms with Crippen LogP contribution < -0.4 is 21.7 Å². The smallest absolute Gasteiger partial charge is 0.255 e. The summed E-state index contributed by atoms with van der Waals surface area (Å²) in [5.41, 5.74) is 12.1. The third-order valence-corrected chi connectivity index (χ3v) is 5.86. The number of aliphatic imine (C=N–C) groups is 1. The number of nitrogens with two attached hydrogens (primary N) is 1. The van der Waals surface area contributed by atoms with Crippen LogP contribution in [0.15, 0.2) is 83.0 Å². The highest BCUT2D eigenvalue weighted by atomic mass is 16.1. The van der Waals surface area contributed by atoms with Crippen molar-refractivity contribution in [3.63, 3.8) is 0 Å². The van der Waals surface area contributed by atoms with Crippen molar-refractivity contribution in [2.45, 2.75) is 39.5 Å². The van der Waals surface area contributed by atoms with E-state index in [0.717, 1.165) is 28.9 Å². The number of allylic oxidation sites excluding steroid dienone is 4. The van der Waals surface area contributed by atoms with E-state index >= 15 is 0 Å². The molecule has 2 aromatic carbocycles.